The largest absolute Gasteiger partial charge is 0.386 e. The van der Waals surface area contributed by atoms with E-state index < -0.39 is 0 Å². The lowest BCUT2D eigenvalue weighted by Gasteiger charge is -2.33. The van der Waals surface area contributed by atoms with E-state index >= 15 is 0 Å². The third-order valence-electron chi connectivity index (χ3n) is 4.26. The van der Waals surface area contributed by atoms with E-state index in [9.17, 15) is 0 Å². The molecule has 0 radical (unpaired) electrons. The van der Waals surface area contributed by atoms with E-state index in [-0.39, 0.29) is 0 Å². The third kappa shape index (κ3) is 7.94. The van der Waals surface area contributed by atoms with Gasteiger partial charge in [0.05, 0.1) is 0 Å². The van der Waals surface area contributed by atoms with Crippen LogP contribution in [0, 0.1) is 11.8 Å². The second kappa shape index (κ2) is 9.44. The molecule has 0 aromatic rings. The molecule has 1 rings (SSSR count). The molecule has 1 heterocycles. The molecule has 0 aromatic heterocycles. The van der Waals surface area contributed by atoms with Gasteiger partial charge >= 0.3 is 0 Å². The van der Waals surface area contributed by atoms with Crippen molar-refractivity contribution in [2.45, 2.75) is 72.3 Å². The number of hydrogen-bond donors (Lipinski definition) is 1. The SMILES string of the molecule is C=C(CN1CCC(CCCCC(C)C)CC1)NC(C)C. The standard InChI is InChI=1S/C18H36N2/c1-15(2)8-6-7-9-18-10-12-20(13-11-18)14-17(5)19-16(3)4/h15-16,18-19H,5-14H2,1-4H3. The van der Waals surface area contributed by atoms with Crippen LogP contribution in [0.25, 0.3) is 0 Å². The first-order chi connectivity index (χ1) is 9.47. The number of unbranched alkanes of at least 4 members (excludes halogenated alkanes) is 1. The number of piperidine rings is 1. The van der Waals surface area contributed by atoms with Crippen LogP contribution in [0.15, 0.2) is 12.3 Å². The zero-order chi connectivity index (χ0) is 15.0. The zero-order valence-corrected chi connectivity index (χ0v) is 14.3. The van der Waals surface area contributed by atoms with E-state index in [4.69, 9.17) is 0 Å². The second-order valence-electron chi connectivity index (χ2n) is 7.30. The van der Waals surface area contributed by atoms with Crippen LogP contribution in [-0.4, -0.2) is 30.6 Å². The molecule has 2 heteroatoms. The normalized spacial score (nSPS) is 17.9. The van der Waals surface area contributed by atoms with Crippen LogP contribution in [0.4, 0.5) is 0 Å². The Balaban J connectivity index is 2.09. The fourth-order valence-electron chi connectivity index (χ4n) is 3.14. The molecular weight excluding hydrogens is 244 g/mol. The Morgan fingerprint density at radius 3 is 2.35 bits per heavy atom. The van der Waals surface area contributed by atoms with Crippen molar-refractivity contribution in [2.24, 2.45) is 11.8 Å². The fourth-order valence-corrected chi connectivity index (χ4v) is 3.14. The maximum atomic E-state index is 4.13. The Morgan fingerprint density at radius 1 is 1.15 bits per heavy atom. The molecule has 0 unspecified atom stereocenters. The molecule has 0 aliphatic carbocycles. The van der Waals surface area contributed by atoms with Gasteiger partial charge in [-0.15, -0.1) is 0 Å². The van der Waals surface area contributed by atoms with Crippen LogP contribution in [0.1, 0.15) is 66.2 Å². The first-order valence-corrected chi connectivity index (χ1v) is 8.64. The third-order valence-corrected chi connectivity index (χ3v) is 4.26. The van der Waals surface area contributed by atoms with Crippen LogP contribution in [0.2, 0.25) is 0 Å². The molecule has 2 nitrogen and oxygen atoms in total. The average molecular weight is 280 g/mol. The summed E-state index contributed by atoms with van der Waals surface area (Å²) in [5.74, 6) is 1.85. The average Bonchev–Trinajstić information content (AvgIpc) is 2.35. The molecule has 1 saturated heterocycles. The molecule has 0 atom stereocenters. The number of nitrogens with zero attached hydrogens (tertiary/aromatic N) is 1. The van der Waals surface area contributed by atoms with Crippen molar-refractivity contribution in [2.75, 3.05) is 19.6 Å². The van der Waals surface area contributed by atoms with Gasteiger partial charge in [-0.05, 0) is 51.6 Å². The van der Waals surface area contributed by atoms with Crippen molar-refractivity contribution in [3.8, 4) is 0 Å². The van der Waals surface area contributed by atoms with Gasteiger partial charge < -0.3 is 5.32 Å². The van der Waals surface area contributed by atoms with Crippen LogP contribution in [0.3, 0.4) is 0 Å². The molecular formula is C18H36N2. The maximum absolute atomic E-state index is 4.13. The van der Waals surface area contributed by atoms with Gasteiger partial charge in [0.15, 0.2) is 0 Å². The molecule has 0 amide bonds. The van der Waals surface area contributed by atoms with Crippen molar-refractivity contribution in [3.05, 3.63) is 12.3 Å². The summed E-state index contributed by atoms with van der Waals surface area (Å²) < 4.78 is 0. The fraction of sp³-hybridized carbons (Fsp3) is 0.889. The van der Waals surface area contributed by atoms with Gasteiger partial charge in [0.1, 0.15) is 0 Å². The summed E-state index contributed by atoms with van der Waals surface area (Å²) in [6, 6.07) is 0.501. The van der Waals surface area contributed by atoms with Crippen molar-refractivity contribution in [3.63, 3.8) is 0 Å². The van der Waals surface area contributed by atoms with Crippen LogP contribution >= 0.6 is 0 Å². The van der Waals surface area contributed by atoms with E-state index in [2.05, 4.69) is 44.5 Å². The van der Waals surface area contributed by atoms with E-state index in [1.165, 1.54) is 57.3 Å². The number of rotatable bonds is 9. The highest BCUT2D eigenvalue weighted by Gasteiger charge is 2.19. The van der Waals surface area contributed by atoms with Crippen molar-refractivity contribution < 1.29 is 0 Å². The van der Waals surface area contributed by atoms with Gasteiger partial charge in [0, 0.05) is 18.3 Å². The lowest BCUT2D eigenvalue weighted by Crippen LogP contribution is -2.38. The summed E-state index contributed by atoms with van der Waals surface area (Å²) in [6.45, 7) is 16.7. The molecule has 0 aromatic carbocycles. The minimum Gasteiger partial charge on any atom is -0.386 e. The topological polar surface area (TPSA) is 15.3 Å². The summed E-state index contributed by atoms with van der Waals surface area (Å²) in [7, 11) is 0. The van der Waals surface area contributed by atoms with Gasteiger partial charge in [0.2, 0.25) is 0 Å². The summed E-state index contributed by atoms with van der Waals surface area (Å²) in [6.07, 6.45) is 8.48. The van der Waals surface area contributed by atoms with E-state index in [0.717, 1.165) is 18.4 Å². The van der Waals surface area contributed by atoms with Gasteiger partial charge in [-0.25, -0.2) is 0 Å². The Bertz CT molecular complexity index is 263. The predicted octanol–water partition coefficient (Wildman–Crippen LogP) is 4.43. The predicted molar refractivity (Wildman–Crippen MR) is 89.9 cm³/mol. The molecule has 1 N–H and O–H groups in total. The van der Waals surface area contributed by atoms with Crippen LogP contribution < -0.4 is 5.32 Å². The number of likely N-dealkylation sites (tertiary alicyclic amines) is 1. The molecule has 0 bridgehead atoms. The highest BCUT2D eigenvalue weighted by atomic mass is 15.1. The lowest BCUT2D eigenvalue weighted by atomic mass is 9.90. The molecule has 118 valence electrons. The second-order valence-corrected chi connectivity index (χ2v) is 7.30. The summed E-state index contributed by atoms with van der Waals surface area (Å²) in [5, 5.41) is 3.42. The summed E-state index contributed by atoms with van der Waals surface area (Å²) in [5.41, 5.74) is 1.18. The molecule has 0 spiro atoms. The summed E-state index contributed by atoms with van der Waals surface area (Å²) in [4.78, 5) is 2.56. The quantitative estimate of drug-likeness (QED) is 0.629. The highest BCUT2D eigenvalue weighted by molar-refractivity contribution is 4.96. The molecule has 0 saturated carbocycles. The van der Waals surface area contributed by atoms with Gasteiger partial charge in [-0.3, -0.25) is 4.90 Å². The first-order valence-electron chi connectivity index (χ1n) is 8.64. The summed E-state index contributed by atoms with van der Waals surface area (Å²) >= 11 is 0. The van der Waals surface area contributed by atoms with Gasteiger partial charge in [0.25, 0.3) is 0 Å². The van der Waals surface area contributed by atoms with Crippen molar-refractivity contribution >= 4 is 0 Å². The molecule has 1 fully saturated rings. The Labute approximate surface area is 127 Å². The molecule has 20 heavy (non-hydrogen) atoms. The molecule has 1 aliphatic heterocycles. The Morgan fingerprint density at radius 2 is 1.80 bits per heavy atom. The van der Waals surface area contributed by atoms with Crippen molar-refractivity contribution in [1.29, 1.82) is 0 Å². The van der Waals surface area contributed by atoms with E-state index in [1.54, 1.807) is 0 Å². The Hall–Kier alpha value is -0.500. The van der Waals surface area contributed by atoms with E-state index in [0.29, 0.717) is 6.04 Å². The van der Waals surface area contributed by atoms with Crippen molar-refractivity contribution in [1.82, 2.24) is 10.2 Å². The monoisotopic (exact) mass is 280 g/mol. The zero-order valence-electron chi connectivity index (χ0n) is 14.3. The number of nitrogens with one attached hydrogen (secondary N) is 1. The first kappa shape index (κ1) is 17.6. The smallest absolute Gasteiger partial charge is 0.0375 e. The maximum Gasteiger partial charge on any atom is 0.0375 e. The minimum absolute atomic E-state index is 0.501. The van der Waals surface area contributed by atoms with Gasteiger partial charge in [-0.1, -0.05) is 46.1 Å². The lowest BCUT2D eigenvalue weighted by molar-refractivity contribution is 0.186. The highest BCUT2D eigenvalue weighted by Crippen LogP contribution is 2.23. The van der Waals surface area contributed by atoms with E-state index in [1.807, 2.05) is 0 Å². The van der Waals surface area contributed by atoms with Crippen LogP contribution in [0.5, 0.6) is 0 Å². The minimum atomic E-state index is 0.501. The van der Waals surface area contributed by atoms with Gasteiger partial charge in [-0.2, -0.15) is 0 Å². The Kier molecular flexibility index (Phi) is 8.28. The number of hydrogen-bond acceptors (Lipinski definition) is 2. The molecule has 1 aliphatic rings. The van der Waals surface area contributed by atoms with Crippen LogP contribution in [-0.2, 0) is 0 Å².